The Morgan fingerprint density at radius 1 is 1.15 bits per heavy atom. The van der Waals surface area contributed by atoms with E-state index in [0.717, 1.165) is 36.0 Å². The average molecular weight is 398 g/mol. The van der Waals surface area contributed by atoms with E-state index in [4.69, 9.17) is 11.6 Å². The van der Waals surface area contributed by atoms with E-state index in [1.54, 1.807) is 11.8 Å². The molecule has 2 amide bonds. The summed E-state index contributed by atoms with van der Waals surface area (Å²) < 4.78 is 0. The van der Waals surface area contributed by atoms with Gasteiger partial charge in [0.25, 0.3) is 0 Å². The summed E-state index contributed by atoms with van der Waals surface area (Å²) in [5.74, 6) is 1.97. The van der Waals surface area contributed by atoms with Crippen molar-refractivity contribution in [2.75, 3.05) is 49.1 Å². The summed E-state index contributed by atoms with van der Waals surface area (Å²) in [7, 11) is 0. The van der Waals surface area contributed by atoms with Crippen LogP contribution >= 0.6 is 23.4 Å². The second-order valence-electron chi connectivity index (χ2n) is 6.86. The summed E-state index contributed by atoms with van der Waals surface area (Å²) >= 11 is 7.54. The van der Waals surface area contributed by atoms with Crippen molar-refractivity contribution in [2.45, 2.75) is 20.3 Å². The van der Waals surface area contributed by atoms with Gasteiger partial charge in [-0.3, -0.25) is 9.59 Å². The monoisotopic (exact) mass is 397 g/mol. The zero-order chi connectivity index (χ0) is 18.9. The van der Waals surface area contributed by atoms with E-state index in [-0.39, 0.29) is 18.4 Å². The zero-order valence-electron chi connectivity index (χ0n) is 15.5. The van der Waals surface area contributed by atoms with Gasteiger partial charge in [-0.15, -0.1) is 0 Å². The molecule has 2 rings (SSSR count). The Hall–Kier alpha value is -1.40. The van der Waals surface area contributed by atoms with Crippen molar-refractivity contribution in [3.05, 3.63) is 29.3 Å². The van der Waals surface area contributed by atoms with Crippen LogP contribution in [0.4, 0.5) is 5.69 Å². The van der Waals surface area contributed by atoms with E-state index in [1.165, 1.54) is 0 Å². The van der Waals surface area contributed by atoms with Crippen molar-refractivity contribution < 1.29 is 9.59 Å². The topological polar surface area (TPSA) is 52.7 Å². The smallest absolute Gasteiger partial charge is 0.242 e. The Kier molecular flexibility index (Phi) is 8.59. The number of carbonyl (C=O) groups excluding carboxylic acids is 2. The number of benzene rings is 1. The fourth-order valence-corrected chi connectivity index (χ4v) is 3.88. The lowest BCUT2D eigenvalue weighted by molar-refractivity contribution is -0.132. The Balaban J connectivity index is 1.65. The first kappa shape index (κ1) is 20.9. The van der Waals surface area contributed by atoms with Gasteiger partial charge in [0.2, 0.25) is 11.8 Å². The van der Waals surface area contributed by atoms with Crippen LogP contribution in [-0.2, 0) is 9.59 Å². The molecule has 1 N–H and O–H groups in total. The molecule has 7 heteroatoms. The first-order chi connectivity index (χ1) is 12.5. The summed E-state index contributed by atoms with van der Waals surface area (Å²) in [6.07, 6.45) is 1.11. The number of nitrogens with zero attached hydrogens (tertiary/aromatic N) is 2. The second-order valence-corrected chi connectivity index (χ2v) is 8.40. The Morgan fingerprint density at radius 3 is 2.42 bits per heavy atom. The molecule has 0 unspecified atom stereocenters. The maximum atomic E-state index is 12.3. The molecule has 0 atom stereocenters. The van der Waals surface area contributed by atoms with Crippen molar-refractivity contribution in [1.29, 1.82) is 0 Å². The summed E-state index contributed by atoms with van der Waals surface area (Å²) in [5.41, 5.74) is 1.12. The van der Waals surface area contributed by atoms with E-state index in [2.05, 4.69) is 24.1 Å². The molecule has 0 bridgehead atoms. The molecule has 1 heterocycles. The molecule has 1 saturated heterocycles. The van der Waals surface area contributed by atoms with Gasteiger partial charge in [0.05, 0.1) is 12.3 Å². The summed E-state index contributed by atoms with van der Waals surface area (Å²) in [6, 6.07) is 7.75. The maximum Gasteiger partial charge on any atom is 0.242 e. The van der Waals surface area contributed by atoms with Crippen LogP contribution < -0.4 is 10.2 Å². The van der Waals surface area contributed by atoms with E-state index in [0.29, 0.717) is 24.8 Å². The predicted octanol–water partition coefficient (Wildman–Crippen LogP) is 2.88. The van der Waals surface area contributed by atoms with Crippen molar-refractivity contribution in [3.63, 3.8) is 0 Å². The third-order valence-electron chi connectivity index (χ3n) is 4.33. The molecule has 1 aromatic rings. The molecule has 1 aliphatic rings. The highest BCUT2D eigenvalue weighted by Gasteiger charge is 2.21. The molecular weight excluding hydrogens is 370 g/mol. The second kappa shape index (κ2) is 10.7. The number of carbonyl (C=O) groups is 2. The number of hydrogen-bond donors (Lipinski definition) is 1. The molecule has 0 saturated carbocycles. The van der Waals surface area contributed by atoms with Gasteiger partial charge in [-0.1, -0.05) is 25.4 Å². The Bertz CT molecular complexity index is 587. The third kappa shape index (κ3) is 7.08. The van der Waals surface area contributed by atoms with Crippen molar-refractivity contribution in [2.24, 2.45) is 5.92 Å². The van der Waals surface area contributed by atoms with Crippen LogP contribution in [0.3, 0.4) is 0 Å². The van der Waals surface area contributed by atoms with Gasteiger partial charge in [0, 0.05) is 36.9 Å². The zero-order valence-corrected chi connectivity index (χ0v) is 17.1. The van der Waals surface area contributed by atoms with Gasteiger partial charge in [-0.25, -0.2) is 0 Å². The molecule has 1 aromatic carbocycles. The number of thioether (sulfide) groups is 1. The van der Waals surface area contributed by atoms with Crippen LogP contribution in [0.25, 0.3) is 0 Å². The molecule has 0 spiro atoms. The number of amides is 2. The first-order valence-corrected chi connectivity index (χ1v) is 10.6. The highest BCUT2D eigenvalue weighted by Crippen LogP contribution is 2.19. The highest BCUT2D eigenvalue weighted by molar-refractivity contribution is 7.99. The molecular formula is C19H28ClN3O2S. The maximum absolute atomic E-state index is 12.3. The lowest BCUT2D eigenvalue weighted by Gasteiger charge is -2.36. The van der Waals surface area contributed by atoms with Crippen LogP contribution in [0.15, 0.2) is 24.3 Å². The molecule has 1 fully saturated rings. The van der Waals surface area contributed by atoms with E-state index in [1.807, 2.05) is 29.2 Å². The Labute approximate surface area is 165 Å². The first-order valence-electron chi connectivity index (χ1n) is 9.08. The largest absolute Gasteiger partial charge is 0.368 e. The standard InChI is InChI=1S/C19H28ClN3O2S/c1-15(2)7-12-26-14-18(24)21-13-19(25)23-10-8-22(9-11-23)17-5-3-16(20)4-6-17/h3-6,15H,7-14H2,1-2H3,(H,21,24). The molecule has 1 aliphatic heterocycles. The van der Waals surface area contributed by atoms with Gasteiger partial charge in [-0.05, 0) is 42.4 Å². The molecule has 0 aliphatic carbocycles. The van der Waals surface area contributed by atoms with Crippen molar-refractivity contribution >= 4 is 40.9 Å². The minimum absolute atomic E-state index is 0.0127. The van der Waals surface area contributed by atoms with Crippen LogP contribution in [-0.4, -0.2) is 60.9 Å². The van der Waals surface area contributed by atoms with Gasteiger partial charge in [-0.2, -0.15) is 11.8 Å². The fourth-order valence-electron chi connectivity index (χ4n) is 2.69. The number of halogens is 1. The predicted molar refractivity (Wildman–Crippen MR) is 110 cm³/mol. The van der Waals surface area contributed by atoms with Crippen LogP contribution in [0.2, 0.25) is 5.02 Å². The van der Waals surface area contributed by atoms with Crippen LogP contribution in [0, 0.1) is 5.92 Å². The number of hydrogen-bond acceptors (Lipinski definition) is 4. The molecule has 26 heavy (non-hydrogen) atoms. The lowest BCUT2D eigenvalue weighted by Crippen LogP contribution is -2.51. The number of nitrogens with one attached hydrogen (secondary N) is 1. The van der Waals surface area contributed by atoms with Crippen molar-refractivity contribution in [1.82, 2.24) is 10.2 Å². The van der Waals surface area contributed by atoms with E-state index in [9.17, 15) is 9.59 Å². The van der Waals surface area contributed by atoms with Crippen LogP contribution in [0.1, 0.15) is 20.3 Å². The van der Waals surface area contributed by atoms with Gasteiger partial charge in [0.15, 0.2) is 0 Å². The molecule has 5 nitrogen and oxygen atoms in total. The quantitative estimate of drug-likeness (QED) is 0.685. The summed E-state index contributed by atoms with van der Waals surface area (Å²) in [5, 5.41) is 3.46. The van der Waals surface area contributed by atoms with Gasteiger partial charge >= 0.3 is 0 Å². The minimum Gasteiger partial charge on any atom is -0.368 e. The van der Waals surface area contributed by atoms with E-state index < -0.39 is 0 Å². The summed E-state index contributed by atoms with van der Waals surface area (Å²) in [6.45, 7) is 7.34. The SMILES string of the molecule is CC(C)CCSCC(=O)NCC(=O)N1CCN(c2ccc(Cl)cc2)CC1. The van der Waals surface area contributed by atoms with E-state index >= 15 is 0 Å². The minimum atomic E-state index is -0.0630. The highest BCUT2D eigenvalue weighted by atomic mass is 35.5. The molecule has 0 aromatic heterocycles. The average Bonchev–Trinajstić information content (AvgIpc) is 2.64. The third-order valence-corrected chi connectivity index (χ3v) is 5.58. The number of rotatable bonds is 8. The number of anilines is 1. The van der Waals surface area contributed by atoms with Crippen LogP contribution in [0.5, 0.6) is 0 Å². The fraction of sp³-hybridized carbons (Fsp3) is 0.579. The molecule has 0 radical (unpaired) electrons. The number of piperazine rings is 1. The lowest BCUT2D eigenvalue weighted by atomic mass is 10.2. The van der Waals surface area contributed by atoms with Gasteiger partial charge < -0.3 is 15.1 Å². The van der Waals surface area contributed by atoms with Crippen molar-refractivity contribution in [3.8, 4) is 0 Å². The molecule has 144 valence electrons. The summed E-state index contributed by atoms with van der Waals surface area (Å²) in [4.78, 5) is 28.2. The normalized spacial score (nSPS) is 14.6. The Morgan fingerprint density at radius 2 is 1.81 bits per heavy atom. The van der Waals surface area contributed by atoms with Gasteiger partial charge in [0.1, 0.15) is 0 Å².